The molecule has 0 radical (unpaired) electrons. The van der Waals surface area contributed by atoms with E-state index < -0.39 is 0 Å². The molecule has 60 valence electrons. The fourth-order valence-electron chi connectivity index (χ4n) is 0.527. The summed E-state index contributed by atoms with van der Waals surface area (Å²) in [6, 6.07) is 0. The van der Waals surface area contributed by atoms with Gasteiger partial charge in [0.1, 0.15) is 0 Å². The van der Waals surface area contributed by atoms with Crippen molar-refractivity contribution in [1.82, 2.24) is 0 Å². The van der Waals surface area contributed by atoms with Gasteiger partial charge in [-0.05, 0) is 30.8 Å². The molecular formula is C9H14P2. The van der Waals surface area contributed by atoms with Gasteiger partial charge in [0.2, 0.25) is 0 Å². The zero-order valence-electron chi connectivity index (χ0n) is 7.02. The van der Waals surface area contributed by atoms with Gasteiger partial charge in [0, 0.05) is 5.31 Å². The summed E-state index contributed by atoms with van der Waals surface area (Å²) in [7, 11) is 5.15. The lowest BCUT2D eigenvalue weighted by molar-refractivity contribution is 1.41. The average Bonchev–Trinajstić information content (AvgIpc) is 1.82. The van der Waals surface area contributed by atoms with Crippen LogP contribution in [0.5, 0.6) is 0 Å². The molecule has 2 unspecified atom stereocenters. The summed E-state index contributed by atoms with van der Waals surface area (Å²) in [6.45, 7) is 7.77. The van der Waals surface area contributed by atoms with Crippen molar-refractivity contribution in [2.24, 2.45) is 0 Å². The minimum absolute atomic E-state index is 0.973. The summed E-state index contributed by atoms with van der Waals surface area (Å²) < 4.78 is 0. The van der Waals surface area contributed by atoms with E-state index in [9.17, 15) is 0 Å². The summed E-state index contributed by atoms with van der Waals surface area (Å²) >= 11 is 0. The quantitative estimate of drug-likeness (QED) is 0.351. The van der Waals surface area contributed by atoms with E-state index in [1.807, 2.05) is 26.0 Å². The molecule has 0 aromatic carbocycles. The molecule has 0 saturated heterocycles. The highest BCUT2D eigenvalue weighted by Crippen LogP contribution is 2.10. The largest absolute Gasteiger partial charge is 0.114 e. The molecular weight excluding hydrogens is 170 g/mol. The zero-order chi connectivity index (χ0) is 8.85. The molecule has 0 fully saturated rings. The Labute approximate surface area is 73.6 Å². The van der Waals surface area contributed by atoms with Crippen LogP contribution in [0.25, 0.3) is 0 Å². The van der Waals surface area contributed by atoms with Crippen LogP contribution in [-0.2, 0) is 0 Å². The lowest BCUT2D eigenvalue weighted by atomic mass is 10.3. The standard InChI is InChI=1S/C9H14P2/c1-7(2)6-9(11)5-4-8(3)10/h4-5H,3,10-11H2,1-2H3/b5-4-. The van der Waals surface area contributed by atoms with Gasteiger partial charge in [-0.3, -0.25) is 0 Å². The summed E-state index contributed by atoms with van der Waals surface area (Å²) in [5.74, 6) is 0. The van der Waals surface area contributed by atoms with Crippen molar-refractivity contribution < 1.29 is 0 Å². The molecule has 0 bridgehead atoms. The Morgan fingerprint density at radius 3 is 2.18 bits per heavy atom. The van der Waals surface area contributed by atoms with Gasteiger partial charge >= 0.3 is 0 Å². The Kier molecular flexibility index (Phi) is 5.43. The van der Waals surface area contributed by atoms with Gasteiger partial charge in [-0.2, -0.15) is 0 Å². The molecule has 0 aromatic rings. The van der Waals surface area contributed by atoms with E-state index in [1.54, 1.807) is 0 Å². The van der Waals surface area contributed by atoms with Crippen LogP contribution >= 0.6 is 18.5 Å². The van der Waals surface area contributed by atoms with Crippen LogP contribution < -0.4 is 0 Å². The van der Waals surface area contributed by atoms with E-state index in [2.05, 4.69) is 30.8 Å². The smallest absolute Gasteiger partial charge is 0.0111 e. The maximum atomic E-state index is 3.73. The summed E-state index contributed by atoms with van der Waals surface area (Å²) in [5.41, 5.74) is 4.33. The summed E-state index contributed by atoms with van der Waals surface area (Å²) in [4.78, 5) is 0. The van der Waals surface area contributed by atoms with Gasteiger partial charge in [0.05, 0.1) is 0 Å². The van der Waals surface area contributed by atoms with Gasteiger partial charge < -0.3 is 0 Å². The molecule has 0 rings (SSSR count). The SMILES string of the molecule is C=C(P)/C=C\C(P)=C=C(C)C. The van der Waals surface area contributed by atoms with Crippen molar-refractivity contribution in [3.8, 4) is 0 Å². The molecule has 11 heavy (non-hydrogen) atoms. The van der Waals surface area contributed by atoms with Gasteiger partial charge in [-0.25, -0.2) is 0 Å². The molecule has 0 aliphatic heterocycles. The second-order valence-electron chi connectivity index (χ2n) is 2.49. The Morgan fingerprint density at radius 2 is 1.82 bits per heavy atom. The van der Waals surface area contributed by atoms with Crippen LogP contribution in [0.1, 0.15) is 13.8 Å². The molecule has 0 spiro atoms. The van der Waals surface area contributed by atoms with Crippen molar-refractivity contribution >= 4 is 18.5 Å². The fourth-order valence-corrected chi connectivity index (χ4v) is 1.01. The van der Waals surface area contributed by atoms with Crippen LogP contribution in [-0.4, -0.2) is 0 Å². The van der Waals surface area contributed by atoms with E-state index in [4.69, 9.17) is 0 Å². The first kappa shape index (κ1) is 10.9. The predicted octanol–water partition coefficient (Wildman–Crippen LogP) is 3.26. The van der Waals surface area contributed by atoms with Crippen molar-refractivity contribution in [3.05, 3.63) is 40.7 Å². The van der Waals surface area contributed by atoms with E-state index >= 15 is 0 Å². The lowest BCUT2D eigenvalue weighted by Crippen LogP contribution is -1.61. The van der Waals surface area contributed by atoms with Gasteiger partial charge in [0.15, 0.2) is 0 Å². The monoisotopic (exact) mass is 184 g/mol. The second-order valence-corrected chi connectivity index (χ2v) is 3.85. The molecule has 0 aliphatic rings. The van der Waals surface area contributed by atoms with Crippen LogP contribution in [0.15, 0.2) is 40.7 Å². The molecule has 0 aromatic heterocycles. The van der Waals surface area contributed by atoms with E-state index in [0.29, 0.717) is 0 Å². The minimum atomic E-state index is 0.973. The van der Waals surface area contributed by atoms with Gasteiger partial charge in [-0.1, -0.05) is 21.9 Å². The molecule has 2 atom stereocenters. The number of hydrogen-bond acceptors (Lipinski definition) is 0. The third kappa shape index (κ3) is 7.76. The normalized spacial score (nSPS) is 9.45. The first-order valence-corrected chi connectivity index (χ1v) is 4.50. The van der Waals surface area contributed by atoms with E-state index in [1.165, 1.54) is 5.57 Å². The van der Waals surface area contributed by atoms with Crippen molar-refractivity contribution in [1.29, 1.82) is 0 Å². The van der Waals surface area contributed by atoms with Crippen molar-refractivity contribution in [2.75, 3.05) is 0 Å². The Balaban J connectivity index is 4.42. The highest BCUT2D eigenvalue weighted by atomic mass is 31.0. The van der Waals surface area contributed by atoms with Crippen LogP contribution in [0.3, 0.4) is 0 Å². The summed E-state index contributed by atoms with van der Waals surface area (Å²) in [6.07, 6.45) is 3.90. The van der Waals surface area contributed by atoms with Crippen LogP contribution in [0, 0.1) is 0 Å². The Bertz CT molecular complexity index is 236. The number of hydrogen-bond donors (Lipinski definition) is 0. The third-order valence-electron chi connectivity index (χ3n) is 0.871. The first-order valence-electron chi connectivity index (χ1n) is 3.34. The molecule has 2 heteroatoms. The Hall–Kier alpha value is -0.140. The first-order chi connectivity index (χ1) is 5.02. The van der Waals surface area contributed by atoms with Gasteiger partial charge in [0.25, 0.3) is 0 Å². The van der Waals surface area contributed by atoms with Crippen LogP contribution in [0.4, 0.5) is 0 Å². The highest BCUT2D eigenvalue weighted by Gasteiger charge is 1.78. The molecule has 0 N–H and O–H groups in total. The van der Waals surface area contributed by atoms with Crippen LogP contribution in [0.2, 0.25) is 0 Å². The number of allylic oxidation sites excluding steroid dienone is 4. The van der Waals surface area contributed by atoms with Crippen molar-refractivity contribution in [3.63, 3.8) is 0 Å². The average molecular weight is 184 g/mol. The topological polar surface area (TPSA) is 0 Å². The number of rotatable bonds is 2. The highest BCUT2D eigenvalue weighted by molar-refractivity contribution is 7.23. The second kappa shape index (κ2) is 5.50. The maximum Gasteiger partial charge on any atom is 0.0111 e. The molecule has 0 heterocycles. The summed E-state index contributed by atoms with van der Waals surface area (Å²) in [5, 5.41) is 2.02. The molecule has 0 aliphatic carbocycles. The minimum Gasteiger partial charge on any atom is -0.114 e. The fraction of sp³-hybridized carbons (Fsp3) is 0.222. The zero-order valence-corrected chi connectivity index (χ0v) is 9.33. The Morgan fingerprint density at radius 1 is 1.27 bits per heavy atom. The maximum absolute atomic E-state index is 3.73. The van der Waals surface area contributed by atoms with E-state index in [-0.39, 0.29) is 0 Å². The predicted molar refractivity (Wildman–Crippen MR) is 59.6 cm³/mol. The van der Waals surface area contributed by atoms with Crippen molar-refractivity contribution in [2.45, 2.75) is 13.8 Å². The van der Waals surface area contributed by atoms with E-state index in [0.717, 1.165) is 10.6 Å². The molecule has 0 nitrogen and oxygen atoms in total. The lowest BCUT2D eigenvalue weighted by Gasteiger charge is -1.86. The third-order valence-corrected chi connectivity index (χ3v) is 1.40. The molecule has 0 amide bonds. The van der Waals surface area contributed by atoms with Gasteiger partial charge in [-0.15, -0.1) is 15.0 Å². The molecule has 0 saturated carbocycles.